The number of carbonyl (C=O) groups excluding carboxylic acids is 1. The monoisotopic (exact) mass is 324 g/mol. The number of hydrogen-bond donors (Lipinski definition) is 2. The maximum absolute atomic E-state index is 12.1. The zero-order valence-corrected chi connectivity index (χ0v) is 14.4. The molecule has 0 aromatic rings. The van der Waals surface area contributed by atoms with Crippen LogP contribution in [0.2, 0.25) is 0 Å². The molecule has 0 bridgehead atoms. The third-order valence-corrected chi connectivity index (χ3v) is 4.79. The molecule has 1 rings (SSSR count). The molecule has 132 valence electrons. The molecule has 1 saturated carbocycles. The Hall–Kier alpha value is -1.16. The van der Waals surface area contributed by atoms with Crippen LogP contribution >= 0.6 is 0 Å². The van der Waals surface area contributed by atoms with Crippen LogP contribution in [-0.4, -0.2) is 28.1 Å². The van der Waals surface area contributed by atoms with E-state index in [0.717, 1.165) is 32.1 Å². The number of Topliss-reactive ketones (excluding diaryl/α,β-unsaturated/α-hetero) is 1. The lowest BCUT2D eigenvalue weighted by Gasteiger charge is -2.19. The molecule has 3 atom stereocenters. The summed E-state index contributed by atoms with van der Waals surface area (Å²) < 4.78 is 0. The van der Waals surface area contributed by atoms with E-state index in [0.29, 0.717) is 6.42 Å². The molecular formula is C19H32O4. The van der Waals surface area contributed by atoms with E-state index in [1.54, 1.807) is 0 Å². The first kappa shape index (κ1) is 19.9. The zero-order chi connectivity index (χ0) is 17.1. The third-order valence-electron chi connectivity index (χ3n) is 4.79. The predicted octanol–water partition coefficient (Wildman–Crippen LogP) is 4.11. The Morgan fingerprint density at radius 3 is 2.65 bits per heavy atom. The van der Waals surface area contributed by atoms with E-state index >= 15 is 0 Å². The summed E-state index contributed by atoms with van der Waals surface area (Å²) >= 11 is 0. The van der Waals surface area contributed by atoms with Crippen LogP contribution in [0, 0.1) is 11.8 Å². The predicted molar refractivity (Wildman–Crippen MR) is 91.2 cm³/mol. The molecule has 1 aliphatic rings. The summed E-state index contributed by atoms with van der Waals surface area (Å²) in [5.74, 6) is -0.580. The fourth-order valence-electron chi connectivity index (χ4n) is 3.41. The van der Waals surface area contributed by atoms with Crippen molar-refractivity contribution in [2.75, 3.05) is 0 Å². The third kappa shape index (κ3) is 7.78. The number of ketones is 1. The minimum atomic E-state index is -0.761. The Kier molecular flexibility index (Phi) is 9.85. The fourth-order valence-corrected chi connectivity index (χ4v) is 3.41. The van der Waals surface area contributed by atoms with Crippen molar-refractivity contribution in [1.29, 1.82) is 0 Å². The van der Waals surface area contributed by atoms with Gasteiger partial charge in [-0.1, -0.05) is 44.8 Å². The van der Waals surface area contributed by atoms with Gasteiger partial charge in [0.05, 0.1) is 6.10 Å². The number of rotatable bonds is 12. The van der Waals surface area contributed by atoms with E-state index in [4.69, 9.17) is 5.11 Å². The van der Waals surface area contributed by atoms with Gasteiger partial charge in [-0.2, -0.15) is 0 Å². The van der Waals surface area contributed by atoms with Crippen molar-refractivity contribution in [1.82, 2.24) is 0 Å². The summed E-state index contributed by atoms with van der Waals surface area (Å²) in [5, 5.41) is 18.7. The van der Waals surface area contributed by atoms with Crippen molar-refractivity contribution in [2.45, 2.75) is 83.7 Å². The molecule has 1 fully saturated rings. The first-order valence-electron chi connectivity index (χ1n) is 9.13. The molecule has 0 radical (unpaired) electrons. The van der Waals surface area contributed by atoms with E-state index in [2.05, 4.69) is 19.1 Å². The Morgan fingerprint density at radius 2 is 1.96 bits per heavy atom. The number of aliphatic hydroxyl groups excluding tert-OH is 1. The van der Waals surface area contributed by atoms with Gasteiger partial charge < -0.3 is 10.2 Å². The first-order chi connectivity index (χ1) is 11.1. The minimum absolute atomic E-state index is 0.0457. The summed E-state index contributed by atoms with van der Waals surface area (Å²) in [6, 6.07) is 0. The van der Waals surface area contributed by atoms with E-state index in [9.17, 15) is 14.7 Å². The van der Waals surface area contributed by atoms with E-state index in [1.165, 1.54) is 19.3 Å². The lowest BCUT2D eigenvalue weighted by atomic mass is 9.86. The molecule has 0 aromatic carbocycles. The van der Waals surface area contributed by atoms with Gasteiger partial charge in [-0.3, -0.25) is 9.59 Å². The van der Waals surface area contributed by atoms with Crippen LogP contribution in [0.5, 0.6) is 0 Å². The van der Waals surface area contributed by atoms with E-state index in [1.807, 2.05) is 0 Å². The molecule has 4 nitrogen and oxygen atoms in total. The number of carboxylic acid groups (broad SMARTS) is 1. The maximum Gasteiger partial charge on any atom is 0.303 e. The van der Waals surface area contributed by atoms with E-state index < -0.39 is 12.1 Å². The van der Waals surface area contributed by atoms with Gasteiger partial charge in [0.25, 0.3) is 0 Å². The van der Waals surface area contributed by atoms with Gasteiger partial charge in [0.1, 0.15) is 5.78 Å². The molecule has 4 heteroatoms. The molecule has 23 heavy (non-hydrogen) atoms. The fraction of sp³-hybridized carbons (Fsp3) is 0.789. The highest BCUT2D eigenvalue weighted by Gasteiger charge is 2.39. The number of carbonyl (C=O) groups is 2. The summed E-state index contributed by atoms with van der Waals surface area (Å²) in [4.78, 5) is 22.5. The minimum Gasteiger partial charge on any atom is -0.481 e. The number of hydrogen-bond acceptors (Lipinski definition) is 3. The number of carboxylic acids is 1. The molecular weight excluding hydrogens is 292 g/mol. The van der Waals surface area contributed by atoms with Crippen LogP contribution in [0.15, 0.2) is 12.2 Å². The van der Waals surface area contributed by atoms with E-state index in [-0.39, 0.29) is 30.5 Å². The van der Waals surface area contributed by atoms with Crippen molar-refractivity contribution in [3.63, 3.8) is 0 Å². The van der Waals surface area contributed by atoms with Crippen molar-refractivity contribution in [3.8, 4) is 0 Å². The van der Waals surface area contributed by atoms with Crippen LogP contribution in [0.3, 0.4) is 0 Å². The number of aliphatic carboxylic acids is 1. The average molecular weight is 324 g/mol. The zero-order valence-electron chi connectivity index (χ0n) is 14.4. The lowest BCUT2D eigenvalue weighted by Crippen LogP contribution is -2.20. The first-order valence-corrected chi connectivity index (χ1v) is 9.13. The smallest absolute Gasteiger partial charge is 0.303 e. The second-order valence-electron chi connectivity index (χ2n) is 6.70. The summed E-state index contributed by atoms with van der Waals surface area (Å²) in [7, 11) is 0. The molecule has 2 N–H and O–H groups in total. The highest BCUT2D eigenvalue weighted by Crippen LogP contribution is 2.35. The molecule has 0 heterocycles. The quantitative estimate of drug-likeness (QED) is 0.418. The van der Waals surface area contributed by atoms with Gasteiger partial charge in [0.15, 0.2) is 0 Å². The standard InChI is InChI=1S/C19H32O4/c1-2-3-4-5-6-8-11-15-16(18(21)14-17(15)20)12-9-7-10-13-19(22)23/h6,8,15-17,20H,2-5,7,9-14H2,1H3,(H,22,23). The second-order valence-corrected chi connectivity index (χ2v) is 6.70. The largest absolute Gasteiger partial charge is 0.481 e. The second kappa shape index (κ2) is 11.4. The Bertz CT molecular complexity index is 389. The summed E-state index contributed by atoms with van der Waals surface area (Å²) in [6.45, 7) is 2.19. The van der Waals surface area contributed by atoms with Crippen LogP contribution in [0.4, 0.5) is 0 Å². The lowest BCUT2D eigenvalue weighted by molar-refractivity contribution is -0.137. The highest BCUT2D eigenvalue weighted by molar-refractivity contribution is 5.84. The van der Waals surface area contributed by atoms with Crippen LogP contribution in [0.1, 0.15) is 77.6 Å². The van der Waals surface area contributed by atoms with Gasteiger partial charge in [0.2, 0.25) is 0 Å². The van der Waals surface area contributed by atoms with Crippen LogP contribution in [0.25, 0.3) is 0 Å². The molecule has 0 aromatic heterocycles. The van der Waals surface area contributed by atoms with Gasteiger partial charge in [-0.25, -0.2) is 0 Å². The van der Waals surface area contributed by atoms with Crippen molar-refractivity contribution in [3.05, 3.63) is 12.2 Å². The van der Waals surface area contributed by atoms with Gasteiger partial charge in [-0.15, -0.1) is 0 Å². The molecule has 0 aliphatic heterocycles. The van der Waals surface area contributed by atoms with Crippen molar-refractivity contribution < 1.29 is 19.8 Å². The van der Waals surface area contributed by atoms with Crippen LogP contribution in [-0.2, 0) is 9.59 Å². The summed E-state index contributed by atoms with van der Waals surface area (Å²) in [6.07, 6.45) is 12.9. The topological polar surface area (TPSA) is 74.6 Å². The Labute approximate surface area is 140 Å². The highest BCUT2D eigenvalue weighted by atomic mass is 16.4. The summed E-state index contributed by atoms with van der Waals surface area (Å²) in [5.41, 5.74) is 0. The Balaban J connectivity index is 2.33. The molecule has 1 aliphatic carbocycles. The van der Waals surface area contributed by atoms with Crippen LogP contribution < -0.4 is 0 Å². The molecule has 0 saturated heterocycles. The Morgan fingerprint density at radius 1 is 1.17 bits per heavy atom. The van der Waals surface area contributed by atoms with Crippen molar-refractivity contribution >= 4 is 11.8 Å². The number of aliphatic hydroxyl groups is 1. The normalized spacial score (nSPS) is 24.6. The SMILES string of the molecule is CCCCCC=CCC1C(O)CC(=O)C1CCCCCC(=O)O. The van der Waals surface area contributed by atoms with Crippen molar-refractivity contribution in [2.24, 2.45) is 11.8 Å². The average Bonchev–Trinajstić information content (AvgIpc) is 2.76. The molecule has 3 unspecified atom stereocenters. The molecule has 0 spiro atoms. The molecule has 0 amide bonds. The van der Waals surface area contributed by atoms with Gasteiger partial charge in [0, 0.05) is 18.8 Å². The number of allylic oxidation sites excluding steroid dienone is 2. The number of unbranched alkanes of at least 4 members (excludes halogenated alkanes) is 5. The van der Waals surface area contributed by atoms with Gasteiger partial charge >= 0.3 is 5.97 Å². The van der Waals surface area contributed by atoms with Gasteiger partial charge in [-0.05, 0) is 38.0 Å². The maximum atomic E-state index is 12.1.